The zero-order valence-electron chi connectivity index (χ0n) is 18.4. The Labute approximate surface area is 191 Å². The van der Waals surface area contributed by atoms with Crippen LogP contribution in [0.25, 0.3) is 27.9 Å². The van der Waals surface area contributed by atoms with Crippen LogP contribution in [0, 0.1) is 5.92 Å². The van der Waals surface area contributed by atoms with Crippen LogP contribution < -0.4 is 10.9 Å². The largest absolute Gasteiger partial charge is 0.462 e. The van der Waals surface area contributed by atoms with Gasteiger partial charge >= 0.3 is 5.97 Å². The van der Waals surface area contributed by atoms with Crippen molar-refractivity contribution in [3.63, 3.8) is 0 Å². The Morgan fingerprint density at radius 2 is 1.64 bits per heavy atom. The number of carbonyl (C=O) groups excluding carboxylic acids is 1. The summed E-state index contributed by atoms with van der Waals surface area (Å²) in [4.78, 5) is 22.4. The van der Waals surface area contributed by atoms with Gasteiger partial charge in [-0.05, 0) is 42.3 Å². The molecule has 0 radical (unpaired) electrons. The molecule has 0 atom stereocenters. The van der Waals surface area contributed by atoms with Crippen molar-refractivity contribution in [2.75, 3.05) is 12.3 Å². The second-order valence-electron chi connectivity index (χ2n) is 7.80. The highest BCUT2D eigenvalue weighted by molar-refractivity contribution is 7.89. The van der Waals surface area contributed by atoms with Gasteiger partial charge in [0.05, 0.1) is 22.5 Å². The molecule has 0 bridgehead atoms. The van der Waals surface area contributed by atoms with E-state index in [0.717, 1.165) is 12.8 Å². The van der Waals surface area contributed by atoms with Crippen molar-refractivity contribution in [3.8, 4) is 5.69 Å². The summed E-state index contributed by atoms with van der Waals surface area (Å²) in [6, 6.07) is 13.1. The van der Waals surface area contributed by atoms with Crippen LogP contribution in [0.4, 0.5) is 5.82 Å². The lowest BCUT2D eigenvalue weighted by Crippen LogP contribution is -2.15. The molecule has 0 aliphatic carbocycles. The molecule has 2 aromatic heterocycles. The Bertz CT molecular complexity index is 1440. The molecule has 0 unspecified atom stereocenters. The molecule has 4 aromatic rings. The molecular weight excluding hydrogens is 442 g/mol. The van der Waals surface area contributed by atoms with Crippen molar-refractivity contribution in [1.82, 2.24) is 14.5 Å². The Morgan fingerprint density at radius 3 is 2.21 bits per heavy atom. The average Bonchev–Trinajstić information content (AvgIpc) is 3.08. The topological polar surface area (TPSA) is 143 Å². The molecule has 0 saturated carbocycles. The number of nitrogens with zero attached hydrogens (tertiary/aromatic N) is 3. The molecule has 4 N–H and O–H groups in total. The van der Waals surface area contributed by atoms with E-state index >= 15 is 0 Å². The van der Waals surface area contributed by atoms with Gasteiger partial charge in [0.25, 0.3) is 0 Å². The van der Waals surface area contributed by atoms with Gasteiger partial charge in [-0.2, -0.15) is 0 Å². The fourth-order valence-electron chi connectivity index (χ4n) is 3.70. The molecule has 33 heavy (non-hydrogen) atoms. The number of para-hydroxylation sites is 2. The van der Waals surface area contributed by atoms with Crippen LogP contribution in [-0.4, -0.2) is 35.5 Å². The van der Waals surface area contributed by atoms with E-state index in [9.17, 15) is 13.2 Å². The normalized spacial score (nSPS) is 12.0. The number of esters is 1. The summed E-state index contributed by atoms with van der Waals surface area (Å²) in [5.74, 6) is -0.215. The summed E-state index contributed by atoms with van der Waals surface area (Å²) in [6.07, 6.45) is 1.78. The van der Waals surface area contributed by atoms with Gasteiger partial charge in [-0.15, -0.1) is 0 Å². The summed E-state index contributed by atoms with van der Waals surface area (Å²) < 4.78 is 30.4. The standard InChI is InChI=1S/C23H25N5O4S/c1-3-14(4-2)13-32-23(29)19-20-22(27-18-8-6-5-7-17(18)26-20)28(21(19)24)15-9-11-16(12-10-15)33(25,30)31/h5-12,14H,3-4,13,24H2,1-2H3,(H2,25,30,31). The molecule has 4 rings (SSSR count). The number of sulfonamides is 1. The summed E-state index contributed by atoms with van der Waals surface area (Å²) >= 11 is 0. The number of anilines is 1. The van der Waals surface area contributed by atoms with Crippen molar-refractivity contribution in [3.05, 3.63) is 54.1 Å². The number of aromatic nitrogens is 3. The van der Waals surface area contributed by atoms with Crippen molar-refractivity contribution in [2.24, 2.45) is 11.1 Å². The molecule has 9 nitrogen and oxygen atoms in total. The van der Waals surface area contributed by atoms with Crippen molar-refractivity contribution >= 4 is 44.0 Å². The smallest absolute Gasteiger partial charge is 0.344 e. The fourth-order valence-corrected chi connectivity index (χ4v) is 4.21. The number of benzene rings is 2. The lowest BCUT2D eigenvalue weighted by Gasteiger charge is -2.12. The summed E-state index contributed by atoms with van der Waals surface area (Å²) in [5.41, 5.74) is 9.00. The number of ether oxygens (including phenoxy) is 1. The van der Waals surface area contributed by atoms with E-state index in [0.29, 0.717) is 27.9 Å². The molecule has 10 heteroatoms. The van der Waals surface area contributed by atoms with Gasteiger partial charge in [0.1, 0.15) is 16.9 Å². The van der Waals surface area contributed by atoms with Gasteiger partial charge in [0.15, 0.2) is 5.65 Å². The minimum Gasteiger partial charge on any atom is -0.462 e. The van der Waals surface area contributed by atoms with E-state index in [-0.39, 0.29) is 28.8 Å². The quantitative estimate of drug-likeness (QED) is 0.396. The lowest BCUT2D eigenvalue weighted by molar-refractivity contribution is 0.0436. The maximum Gasteiger partial charge on any atom is 0.344 e. The van der Waals surface area contributed by atoms with Gasteiger partial charge in [0, 0.05) is 5.69 Å². The van der Waals surface area contributed by atoms with Crippen LogP contribution in [-0.2, 0) is 14.8 Å². The maximum atomic E-state index is 13.1. The number of hydrogen-bond acceptors (Lipinski definition) is 7. The monoisotopic (exact) mass is 467 g/mol. The van der Waals surface area contributed by atoms with Crippen LogP contribution in [0.1, 0.15) is 37.0 Å². The summed E-state index contributed by atoms with van der Waals surface area (Å²) in [7, 11) is -3.85. The number of rotatable bonds is 7. The predicted molar refractivity (Wildman–Crippen MR) is 127 cm³/mol. The van der Waals surface area contributed by atoms with Gasteiger partial charge < -0.3 is 10.5 Å². The molecule has 0 saturated heterocycles. The molecule has 0 spiro atoms. The first-order valence-corrected chi connectivity index (χ1v) is 12.2. The fraction of sp³-hybridized carbons (Fsp3) is 0.261. The zero-order valence-corrected chi connectivity index (χ0v) is 19.2. The second-order valence-corrected chi connectivity index (χ2v) is 9.36. The Kier molecular flexibility index (Phi) is 6.05. The second kappa shape index (κ2) is 8.80. The van der Waals surface area contributed by atoms with Gasteiger partial charge in [-0.1, -0.05) is 38.8 Å². The van der Waals surface area contributed by atoms with E-state index in [2.05, 4.69) is 9.97 Å². The number of carbonyl (C=O) groups is 1. The Morgan fingerprint density at radius 1 is 1.03 bits per heavy atom. The highest BCUT2D eigenvalue weighted by Crippen LogP contribution is 2.32. The van der Waals surface area contributed by atoms with Crippen LogP contribution in [0.15, 0.2) is 53.4 Å². The van der Waals surface area contributed by atoms with Gasteiger partial charge in [-0.25, -0.2) is 28.3 Å². The zero-order chi connectivity index (χ0) is 23.8. The number of fused-ring (bicyclic) bond motifs is 2. The molecule has 2 heterocycles. The molecular formula is C23H25N5O4S. The Balaban J connectivity index is 1.90. The minimum atomic E-state index is -3.85. The van der Waals surface area contributed by atoms with E-state index in [1.54, 1.807) is 22.8 Å². The Hall–Kier alpha value is -3.50. The highest BCUT2D eigenvalue weighted by Gasteiger charge is 2.26. The third kappa shape index (κ3) is 4.27. The van der Waals surface area contributed by atoms with E-state index < -0.39 is 16.0 Å². The molecule has 2 aromatic carbocycles. The number of hydrogen-bond donors (Lipinski definition) is 2. The third-order valence-electron chi connectivity index (χ3n) is 5.73. The van der Waals surface area contributed by atoms with Crippen LogP contribution in [0.2, 0.25) is 0 Å². The van der Waals surface area contributed by atoms with Gasteiger partial charge in [-0.3, -0.25) is 4.57 Å². The van der Waals surface area contributed by atoms with Crippen LogP contribution in [0.5, 0.6) is 0 Å². The number of primary sulfonamides is 1. The number of nitrogens with two attached hydrogens (primary N) is 2. The van der Waals surface area contributed by atoms with E-state index in [1.165, 1.54) is 12.1 Å². The van der Waals surface area contributed by atoms with E-state index in [1.807, 2.05) is 32.0 Å². The molecule has 0 aliphatic rings. The average molecular weight is 468 g/mol. The first-order chi connectivity index (χ1) is 15.7. The van der Waals surface area contributed by atoms with Crippen LogP contribution >= 0.6 is 0 Å². The molecule has 0 aliphatic heterocycles. The minimum absolute atomic E-state index is 0.0392. The molecule has 172 valence electrons. The summed E-state index contributed by atoms with van der Waals surface area (Å²) in [5, 5.41) is 5.21. The van der Waals surface area contributed by atoms with Gasteiger partial charge in [0.2, 0.25) is 10.0 Å². The van der Waals surface area contributed by atoms with Crippen molar-refractivity contribution < 1.29 is 17.9 Å². The van der Waals surface area contributed by atoms with Crippen molar-refractivity contribution in [2.45, 2.75) is 31.6 Å². The van der Waals surface area contributed by atoms with E-state index in [4.69, 9.17) is 15.6 Å². The molecule has 0 amide bonds. The first-order valence-electron chi connectivity index (χ1n) is 10.6. The first kappa shape index (κ1) is 22.7. The number of nitrogen functional groups attached to an aromatic ring is 1. The molecule has 0 fully saturated rings. The predicted octanol–water partition coefficient (Wildman–Crippen LogP) is 3.40. The summed E-state index contributed by atoms with van der Waals surface area (Å²) in [6.45, 7) is 4.37. The SMILES string of the molecule is CCC(CC)COC(=O)c1c(N)n(-c2ccc(S(N)(=O)=O)cc2)c2nc3ccccc3nc12. The van der Waals surface area contributed by atoms with Crippen molar-refractivity contribution in [1.29, 1.82) is 0 Å². The third-order valence-corrected chi connectivity index (χ3v) is 6.66. The lowest BCUT2D eigenvalue weighted by atomic mass is 10.1. The maximum absolute atomic E-state index is 13.1. The highest BCUT2D eigenvalue weighted by atomic mass is 32.2. The van der Waals surface area contributed by atoms with Crippen LogP contribution in [0.3, 0.4) is 0 Å².